The van der Waals surface area contributed by atoms with Gasteiger partial charge in [-0.15, -0.1) is 0 Å². The Hall–Kier alpha value is -1.09. The van der Waals surface area contributed by atoms with E-state index in [0.29, 0.717) is 12.2 Å². The second-order valence-electron chi connectivity index (χ2n) is 4.29. The summed E-state index contributed by atoms with van der Waals surface area (Å²) in [7, 11) is 1.53. The Morgan fingerprint density at radius 3 is 2.67 bits per heavy atom. The lowest BCUT2D eigenvalue weighted by Crippen LogP contribution is -2.12. The molecule has 0 radical (unpaired) electrons. The van der Waals surface area contributed by atoms with E-state index < -0.39 is 5.60 Å². The molecule has 2 nitrogen and oxygen atoms in total. The third-order valence-electron chi connectivity index (χ3n) is 3.00. The molecule has 0 bridgehead atoms. The molecule has 0 unspecified atom stereocenters. The first kappa shape index (κ1) is 10.4. The van der Waals surface area contributed by atoms with Crippen molar-refractivity contribution in [3.63, 3.8) is 0 Å². The number of hydrogen-bond donors (Lipinski definition) is 1. The molecule has 0 aromatic heterocycles. The lowest BCUT2D eigenvalue weighted by molar-refractivity contribution is 0.150. The summed E-state index contributed by atoms with van der Waals surface area (Å²) in [5.41, 5.74) is 1.16. The average Bonchev–Trinajstić information content (AvgIpc) is 2.89. The first-order chi connectivity index (χ1) is 7.04. The van der Waals surface area contributed by atoms with Gasteiger partial charge in [-0.25, -0.2) is 4.39 Å². The van der Waals surface area contributed by atoms with Gasteiger partial charge in [0, 0.05) is 12.5 Å². The van der Waals surface area contributed by atoms with E-state index in [2.05, 4.69) is 0 Å². The minimum absolute atomic E-state index is 0.309. The second kappa shape index (κ2) is 3.49. The predicted molar refractivity (Wildman–Crippen MR) is 55.6 cm³/mol. The van der Waals surface area contributed by atoms with Crippen molar-refractivity contribution in [1.29, 1.82) is 0 Å². The van der Waals surface area contributed by atoms with Crippen LogP contribution >= 0.6 is 0 Å². The van der Waals surface area contributed by atoms with Gasteiger partial charge in [0.15, 0.2) is 0 Å². The first-order valence-corrected chi connectivity index (χ1v) is 5.09. The molecule has 2 rings (SSSR count). The van der Waals surface area contributed by atoms with Crippen LogP contribution < -0.4 is 4.74 Å². The molecule has 1 N–H and O–H groups in total. The minimum atomic E-state index is -0.594. The molecule has 0 aliphatic heterocycles. The van der Waals surface area contributed by atoms with Gasteiger partial charge in [0.25, 0.3) is 0 Å². The van der Waals surface area contributed by atoms with Crippen LogP contribution in [0.1, 0.15) is 24.0 Å². The van der Waals surface area contributed by atoms with Crippen LogP contribution in [0.25, 0.3) is 0 Å². The number of ether oxygens (including phenoxy) is 1. The summed E-state index contributed by atoms with van der Waals surface area (Å²) >= 11 is 0. The zero-order valence-electron chi connectivity index (χ0n) is 9.01. The normalized spacial score (nSPS) is 17.6. The van der Waals surface area contributed by atoms with Gasteiger partial charge >= 0.3 is 0 Å². The van der Waals surface area contributed by atoms with Crippen molar-refractivity contribution in [3.8, 4) is 5.75 Å². The fourth-order valence-electron chi connectivity index (χ4n) is 1.78. The Bertz CT molecular complexity index is 383. The van der Waals surface area contributed by atoms with E-state index in [0.717, 1.165) is 24.0 Å². The largest absolute Gasteiger partial charge is 0.496 e. The number of aliphatic hydroxyl groups is 1. The smallest absolute Gasteiger partial charge is 0.127 e. The molecule has 0 spiro atoms. The number of hydrogen-bond acceptors (Lipinski definition) is 2. The first-order valence-electron chi connectivity index (χ1n) is 5.09. The second-order valence-corrected chi connectivity index (χ2v) is 4.29. The van der Waals surface area contributed by atoms with Crippen molar-refractivity contribution < 1.29 is 14.2 Å². The molecule has 1 aliphatic rings. The number of halogens is 1. The summed E-state index contributed by atoms with van der Waals surface area (Å²) in [5, 5.41) is 9.80. The monoisotopic (exact) mass is 210 g/mol. The van der Waals surface area contributed by atoms with Crippen LogP contribution in [0.4, 0.5) is 4.39 Å². The summed E-state index contributed by atoms with van der Waals surface area (Å²) in [6, 6.07) is 2.85. The molecule has 15 heavy (non-hydrogen) atoms. The van der Waals surface area contributed by atoms with Crippen molar-refractivity contribution in [2.24, 2.45) is 0 Å². The standard InChI is InChI=1S/C12H15FO2/c1-8-9(7-12(14)3-4-12)5-10(13)6-11(8)15-2/h5-6,14H,3-4,7H2,1-2H3. The van der Waals surface area contributed by atoms with Crippen LogP contribution in [0.3, 0.4) is 0 Å². The quantitative estimate of drug-likeness (QED) is 0.828. The highest BCUT2D eigenvalue weighted by Gasteiger charge is 2.40. The highest BCUT2D eigenvalue weighted by atomic mass is 19.1. The van der Waals surface area contributed by atoms with Crippen LogP contribution in [-0.2, 0) is 6.42 Å². The van der Waals surface area contributed by atoms with Crippen LogP contribution in [0.5, 0.6) is 5.75 Å². The maximum Gasteiger partial charge on any atom is 0.127 e. The molecule has 0 atom stereocenters. The molecule has 1 saturated carbocycles. The van der Waals surface area contributed by atoms with E-state index in [9.17, 15) is 9.50 Å². The molecule has 1 aromatic carbocycles. The van der Waals surface area contributed by atoms with Crippen LogP contribution in [0.2, 0.25) is 0 Å². The molecule has 1 fully saturated rings. The number of rotatable bonds is 3. The van der Waals surface area contributed by atoms with Crippen molar-refractivity contribution >= 4 is 0 Å². The van der Waals surface area contributed by atoms with Gasteiger partial charge in [-0.1, -0.05) is 0 Å². The summed E-state index contributed by atoms with van der Waals surface area (Å²) in [4.78, 5) is 0. The van der Waals surface area contributed by atoms with Gasteiger partial charge in [0.1, 0.15) is 11.6 Å². The summed E-state index contributed by atoms with van der Waals surface area (Å²) in [5.74, 6) is 0.242. The summed E-state index contributed by atoms with van der Waals surface area (Å²) in [6.07, 6.45) is 2.14. The van der Waals surface area contributed by atoms with E-state index >= 15 is 0 Å². The lowest BCUT2D eigenvalue weighted by atomic mass is 10.0. The lowest BCUT2D eigenvalue weighted by Gasteiger charge is -2.13. The van der Waals surface area contributed by atoms with Crippen molar-refractivity contribution in [3.05, 3.63) is 29.1 Å². The van der Waals surface area contributed by atoms with Crippen molar-refractivity contribution in [1.82, 2.24) is 0 Å². The van der Waals surface area contributed by atoms with Crippen LogP contribution in [0.15, 0.2) is 12.1 Å². The third kappa shape index (κ3) is 2.12. The zero-order chi connectivity index (χ0) is 11.1. The van der Waals surface area contributed by atoms with Crippen LogP contribution in [0, 0.1) is 12.7 Å². The van der Waals surface area contributed by atoms with Gasteiger partial charge in [0.2, 0.25) is 0 Å². The van der Waals surface area contributed by atoms with E-state index in [1.54, 1.807) is 0 Å². The molecule has 3 heteroatoms. The summed E-state index contributed by atoms with van der Waals surface area (Å²) < 4.78 is 18.3. The topological polar surface area (TPSA) is 29.5 Å². The Labute approximate surface area is 88.7 Å². The van der Waals surface area contributed by atoms with E-state index in [-0.39, 0.29) is 5.82 Å². The van der Waals surface area contributed by atoms with Gasteiger partial charge in [-0.05, 0) is 37.0 Å². The maximum atomic E-state index is 13.2. The van der Waals surface area contributed by atoms with Gasteiger partial charge < -0.3 is 9.84 Å². The Morgan fingerprint density at radius 1 is 1.47 bits per heavy atom. The molecule has 0 heterocycles. The van der Waals surface area contributed by atoms with Crippen molar-refractivity contribution in [2.75, 3.05) is 7.11 Å². The van der Waals surface area contributed by atoms with Crippen LogP contribution in [-0.4, -0.2) is 17.8 Å². The molecule has 0 saturated heterocycles. The summed E-state index contributed by atoms with van der Waals surface area (Å²) in [6.45, 7) is 1.89. The Balaban J connectivity index is 2.32. The number of methoxy groups -OCH3 is 1. The van der Waals surface area contributed by atoms with Gasteiger partial charge in [0.05, 0.1) is 12.7 Å². The zero-order valence-corrected chi connectivity index (χ0v) is 9.01. The fraction of sp³-hybridized carbons (Fsp3) is 0.500. The highest BCUT2D eigenvalue weighted by Crippen LogP contribution is 2.39. The SMILES string of the molecule is COc1cc(F)cc(CC2(O)CC2)c1C. The molecule has 82 valence electrons. The predicted octanol–water partition coefficient (Wildman–Crippen LogP) is 2.21. The van der Waals surface area contributed by atoms with Gasteiger partial charge in [-0.3, -0.25) is 0 Å². The molecular weight excluding hydrogens is 195 g/mol. The molecule has 0 amide bonds. The Morgan fingerprint density at radius 2 is 2.13 bits per heavy atom. The van der Waals surface area contributed by atoms with Gasteiger partial charge in [-0.2, -0.15) is 0 Å². The van der Waals surface area contributed by atoms with E-state index in [1.807, 2.05) is 6.92 Å². The molecule has 1 aromatic rings. The molecular formula is C12H15FO2. The molecule has 1 aliphatic carbocycles. The fourth-order valence-corrected chi connectivity index (χ4v) is 1.78. The third-order valence-corrected chi connectivity index (χ3v) is 3.00. The van der Waals surface area contributed by atoms with Crippen molar-refractivity contribution in [2.45, 2.75) is 31.8 Å². The number of benzene rings is 1. The average molecular weight is 210 g/mol. The van der Waals surface area contributed by atoms with E-state index in [4.69, 9.17) is 4.74 Å². The minimum Gasteiger partial charge on any atom is -0.496 e. The highest BCUT2D eigenvalue weighted by molar-refractivity contribution is 5.41. The Kier molecular flexibility index (Phi) is 2.43. The van der Waals surface area contributed by atoms with E-state index in [1.165, 1.54) is 19.2 Å². The maximum absolute atomic E-state index is 13.2.